The molecule has 0 amide bonds. The Hall–Kier alpha value is -1.69. The number of rotatable bonds is 10. The Bertz CT molecular complexity index is 904. The highest BCUT2D eigenvalue weighted by Crippen LogP contribution is 2.38. The molecule has 0 radical (unpaired) electrons. The number of ether oxygens (including phenoxy) is 2. The van der Waals surface area contributed by atoms with Crippen molar-refractivity contribution in [3.05, 3.63) is 29.8 Å². The Labute approximate surface area is 198 Å². The topological polar surface area (TPSA) is 93.7 Å². The van der Waals surface area contributed by atoms with Crippen LogP contribution in [0, 0.1) is 0 Å². The number of alkyl halides is 3. The number of hydrogen-bond donors (Lipinski definition) is 2. The number of sulfonamides is 1. The Balaban J connectivity index is 1.52. The number of hydrogen-bond acceptors (Lipinski definition) is 6. The van der Waals surface area contributed by atoms with E-state index in [4.69, 9.17) is 9.47 Å². The van der Waals surface area contributed by atoms with E-state index in [0.29, 0.717) is 38.0 Å². The van der Waals surface area contributed by atoms with Crippen LogP contribution >= 0.6 is 0 Å². The summed E-state index contributed by atoms with van der Waals surface area (Å²) in [7, 11) is -4.55. The normalized spacial score (nSPS) is 27.2. The molecule has 11 heteroatoms. The number of benzene rings is 1. The van der Waals surface area contributed by atoms with Crippen LogP contribution in [0.3, 0.4) is 0 Å². The van der Waals surface area contributed by atoms with Gasteiger partial charge in [0.15, 0.2) is 11.5 Å². The molecule has 0 unspecified atom stereocenters. The molecular formula is C23H33F3N2O5S. The maximum absolute atomic E-state index is 12.9. The van der Waals surface area contributed by atoms with Gasteiger partial charge in [0.2, 0.25) is 10.0 Å². The molecule has 192 valence electrons. The predicted molar refractivity (Wildman–Crippen MR) is 121 cm³/mol. The van der Waals surface area contributed by atoms with Crippen LogP contribution in [-0.4, -0.2) is 64.1 Å². The summed E-state index contributed by atoms with van der Waals surface area (Å²) in [5.74, 6) is 1.01. The molecule has 3 atom stereocenters. The molecule has 1 aliphatic heterocycles. The number of aldehydes is 1. The minimum atomic E-state index is -4.82. The summed E-state index contributed by atoms with van der Waals surface area (Å²) >= 11 is 0. The zero-order valence-corrected chi connectivity index (χ0v) is 20.0. The molecular weight excluding hydrogens is 473 g/mol. The van der Waals surface area contributed by atoms with Gasteiger partial charge in [0, 0.05) is 12.1 Å². The second-order valence-electron chi connectivity index (χ2n) is 8.98. The smallest absolute Gasteiger partial charge is 0.406 e. The van der Waals surface area contributed by atoms with Crippen LogP contribution in [0.1, 0.15) is 56.9 Å². The van der Waals surface area contributed by atoms with Crippen LogP contribution in [0.5, 0.6) is 5.75 Å². The van der Waals surface area contributed by atoms with Gasteiger partial charge in [0.25, 0.3) is 0 Å². The zero-order chi connectivity index (χ0) is 24.8. The van der Waals surface area contributed by atoms with Gasteiger partial charge in [-0.2, -0.15) is 13.2 Å². The van der Waals surface area contributed by atoms with Gasteiger partial charge < -0.3 is 14.8 Å². The summed E-state index contributed by atoms with van der Waals surface area (Å²) in [4.78, 5) is 10.7. The number of nitrogens with one attached hydrogen (secondary N) is 2. The average Bonchev–Trinajstić information content (AvgIpc) is 2.81. The van der Waals surface area contributed by atoms with Gasteiger partial charge in [-0.1, -0.05) is 18.2 Å². The monoisotopic (exact) mass is 506 g/mol. The van der Waals surface area contributed by atoms with E-state index in [1.807, 2.05) is 24.3 Å². The summed E-state index contributed by atoms with van der Waals surface area (Å²) in [6.45, 7) is 1.55. The van der Waals surface area contributed by atoms with E-state index in [9.17, 15) is 26.4 Å². The van der Waals surface area contributed by atoms with Crippen LogP contribution in [0.2, 0.25) is 0 Å². The SMILES string of the molecule is C[C@H](C(F)(F)F)S(=O)(=O)N[C@H]1CCCN[C@H]1COC1CCC(c2ccccc2OCC=O)CC1. The van der Waals surface area contributed by atoms with Crippen molar-refractivity contribution >= 4 is 16.3 Å². The number of halogens is 3. The minimum absolute atomic E-state index is 0.00520. The van der Waals surface area contributed by atoms with Gasteiger partial charge in [-0.15, -0.1) is 0 Å². The maximum Gasteiger partial charge on any atom is 0.406 e. The van der Waals surface area contributed by atoms with Gasteiger partial charge in [0.1, 0.15) is 12.4 Å². The summed E-state index contributed by atoms with van der Waals surface area (Å²) in [5, 5.41) is 0.718. The van der Waals surface area contributed by atoms with Crippen molar-refractivity contribution in [1.82, 2.24) is 10.0 Å². The first-order chi connectivity index (χ1) is 16.1. The quantitative estimate of drug-likeness (QED) is 0.473. The molecule has 1 aliphatic carbocycles. The summed E-state index contributed by atoms with van der Waals surface area (Å²) in [6, 6.07) is 6.64. The Morgan fingerprint density at radius 2 is 1.88 bits per heavy atom. The van der Waals surface area contributed by atoms with E-state index in [-0.39, 0.29) is 25.4 Å². The lowest BCUT2D eigenvalue weighted by Crippen LogP contribution is -2.57. The van der Waals surface area contributed by atoms with E-state index >= 15 is 0 Å². The molecule has 1 heterocycles. The van der Waals surface area contributed by atoms with Gasteiger partial charge >= 0.3 is 6.18 Å². The number of carbonyl (C=O) groups excluding carboxylic acids is 1. The molecule has 3 rings (SSSR count). The van der Waals surface area contributed by atoms with Crippen molar-refractivity contribution < 1.29 is 35.9 Å². The number of piperidine rings is 1. The molecule has 1 aromatic carbocycles. The fourth-order valence-corrected chi connectivity index (χ4v) is 5.87. The lowest BCUT2D eigenvalue weighted by Gasteiger charge is -2.36. The molecule has 1 saturated carbocycles. The van der Waals surface area contributed by atoms with Crippen LogP contribution < -0.4 is 14.8 Å². The fraction of sp³-hybridized carbons (Fsp3) is 0.696. The largest absolute Gasteiger partial charge is 0.486 e. The van der Waals surface area contributed by atoms with Crippen molar-refractivity contribution in [1.29, 1.82) is 0 Å². The third kappa shape index (κ3) is 7.16. The number of carbonyl (C=O) groups is 1. The van der Waals surface area contributed by atoms with Crippen LogP contribution in [0.15, 0.2) is 24.3 Å². The van der Waals surface area contributed by atoms with Gasteiger partial charge in [-0.3, -0.25) is 4.79 Å². The molecule has 0 aromatic heterocycles. The highest BCUT2D eigenvalue weighted by molar-refractivity contribution is 7.90. The van der Waals surface area contributed by atoms with E-state index < -0.39 is 27.5 Å². The van der Waals surface area contributed by atoms with Crippen molar-refractivity contribution in [3.8, 4) is 5.75 Å². The highest BCUT2D eigenvalue weighted by atomic mass is 32.2. The molecule has 2 N–H and O–H groups in total. The summed E-state index contributed by atoms with van der Waals surface area (Å²) in [6.07, 6.45) is 0.382. The highest BCUT2D eigenvalue weighted by Gasteiger charge is 2.46. The fourth-order valence-electron chi connectivity index (χ4n) is 4.61. The second-order valence-corrected chi connectivity index (χ2v) is 11.0. The molecule has 1 saturated heterocycles. The van der Waals surface area contributed by atoms with E-state index in [2.05, 4.69) is 10.0 Å². The Kier molecular flexibility index (Phi) is 9.36. The van der Waals surface area contributed by atoms with E-state index in [1.54, 1.807) is 0 Å². The van der Waals surface area contributed by atoms with Crippen molar-refractivity contribution in [3.63, 3.8) is 0 Å². The first-order valence-corrected chi connectivity index (χ1v) is 13.2. The van der Waals surface area contributed by atoms with Crippen LogP contribution in [0.4, 0.5) is 13.2 Å². The zero-order valence-electron chi connectivity index (χ0n) is 19.2. The molecule has 7 nitrogen and oxygen atoms in total. The van der Waals surface area contributed by atoms with Crippen LogP contribution in [0.25, 0.3) is 0 Å². The first kappa shape index (κ1) is 26.9. The molecule has 0 bridgehead atoms. The Morgan fingerprint density at radius 1 is 1.18 bits per heavy atom. The molecule has 0 spiro atoms. The lowest BCUT2D eigenvalue weighted by molar-refractivity contribution is -0.127. The van der Waals surface area contributed by atoms with Gasteiger partial charge in [-0.25, -0.2) is 13.1 Å². The Morgan fingerprint density at radius 3 is 2.56 bits per heavy atom. The van der Waals surface area contributed by atoms with E-state index in [1.165, 1.54) is 0 Å². The standard InChI is InChI=1S/C23H33F3N2O5S/c1-16(23(24,25)26)34(30,31)28-20-6-4-12-27-21(20)15-33-18-10-8-17(9-11-18)19-5-2-3-7-22(19)32-14-13-29/h2-3,5,7,13,16-18,20-21,27-28H,4,6,8-12,14-15H2,1H3/t16-,17?,18?,20+,21+/m1/s1. The lowest BCUT2D eigenvalue weighted by atomic mass is 9.82. The van der Waals surface area contributed by atoms with E-state index in [0.717, 1.165) is 37.5 Å². The first-order valence-electron chi connectivity index (χ1n) is 11.7. The summed E-state index contributed by atoms with van der Waals surface area (Å²) < 4.78 is 77.2. The van der Waals surface area contributed by atoms with Crippen molar-refractivity contribution in [2.45, 2.75) is 81.0 Å². The van der Waals surface area contributed by atoms with Gasteiger partial charge in [0.05, 0.1) is 12.7 Å². The van der Waals surface area contributed by atoms with Crippen molar-refractivity contribution in [2.24, 2.45) is 0 Å². The maximum atomic E-state index is 12.9. The average molecular weight is 507 g/mol. The third-order valence-corrected chi connectivity index (χ3v) is 8.51. The van der Waals surface area contributed by atoms with Gasteiger partial charge in [-0.05, 0) is 69.5 Å². The molecule has 2 aliphatic rings. The molecule has 2 fully saturated rings. The molecule has 34 heavy (non-hydrogen) atoms. The second kappa shape index (κ2) is 11.8. The predicted octanol–water partition coefficient (Wildman–Crippen LogP) is 3.30. The number of para-hydroxylation sites is 1. The minimum Gasteiger partial charge on any atom is -0.486 e. The molecule has 1 aromatic rings. The van der Waals surface area contributed by atoms with Crippen LogP contribution in [-0.2, 0) is 19.6 Å². The van der Waals surface area contributed by atoms with Crippen molar-refractivity contribution in [2.75, 3.05) is 19.8 Å². The third-order valence-electron chi connectivity index (χ3n) is 6.68. The summed E-state index contributed by atoms with van der Waals surface area (Å²) in [5.41, 5.74) is 1.07.